The number of aromatic nitrogens is 1. The highest BCUT2D eigenvalue weighted by molar-refractivity contribution is 6.42. The molecule has 114 valence electrons. The molecule has 0 aliphatic heterocycles. The van der Waals surface area contributed by atoms with Crippen molar-refractivity contribution in [2.24, 2.45) is 7.05 Å². The van der Waals surface area contributed by atoms with E-state index in [1.165, 1.54) is 10.6 Å². The molecule has 0 spiro atoms. The van der Waals surface area contributed by atoms with E-state index in [4.69, 9.17) is 23.2 Å². The van der Waals surface area contributed by atoms with Crippen molar-refractivity contribution in [3.8, 4) is 0 Å². The molecular weight excluding hydrogens is 323 g/mol. The van der Waals surface area contributed by atoms with Crippen LogP contribution in [0.1, 0.15) is 33.9 Å². The lowest BCUT2D eigenvalue weighted by atomic mass is 10.1. The normalized spacial score (nSPS) is 16.4. The number of carbonyl (C=O) groups excluding carboxylic acids is 1. The molecule has 0 radical (unpaired) electrons. The summed E-state index contributed by atoms with van der Waals surface area (Å²) in [4.78, 5) is 23.9. The number of nitrogens with one attached hydrogen (secondary N) is 1. The van der Waals surface area contributed by atoms with Gasteiger partial charge in [0.05, 0.1) is 16.1 Å². The number of aryl methyl sites for hydroxylation is 1. The molecule has 1 heterocycles. The van der Waals surface area contributed by atoms with Crippen LogP contribution in [0.2, 0.25) is 10.0 Å². The molecule has 6 heteroatoms. The predicted molar refractivity (Wildman–Crippen MR) is 86.7 cm³/mol. The standard InChI is InChI=1S/C16H14Cl2N2O2/c1-20-7-6-9(8-14(20)21)16(22)19-13-5-3-11-10(13)2-4-12(17)15(11)18/h2,4,6-8,13H,3,5H2,1H3,(H,19,22)/t13-/m1/s1. The van der Waals surface area contributed by atoms with Crippen LogP contribution < -0.4 is 10.9 Å². The van der Waals surface area contributed by atoms with Gasteiger partial charge in [0.15, 0.2) is 0 Å². The Bertz CT molecular complexity index is 814. The highest BCUT2D eigenvalue weighted by atomic mass is 35.5. The maximum absolute atomic E-state index is 12.3. The van der Waals surface area contributed by atoms with Gasteiger partial charge in [0, 0.05) is 24.9 Å². The molecule has 1 aromatic carbocycles. The van der Waals surface area contributed by atoms with Gasteiger partial charge in [0.1, 0.15) is 0 Å². The fraction of sp³-hybridized carbons (Fsp3) is 0.250. The summed E-state index contributed by atoms with van der Waals surface area (Å²) in [7, 11) is 1.64. The number of carbonyl (C=O) groups is 1. The number of pyridine rings is 1. The second-order valence-electron chi connectivity index (χ2n) is 5.36. The molecule has 1 aliphatic rings. The molecule has 1 N–H and O–H groups in total. The summed E-state index contributed by atoms with van der Waals surface area (Å²) in [6.07, 6.45) is 3.12. The van der Waals surface area contributed by atoms with E-state index < -0.39 is 0 Å². The molecule has 0 bridgehead atoms. The Hall–Kier alpha value is -1.78. The summed E-state index contributed by atoms with van der Waals surface area (Å²) < 4.78 is 1.42. The molecule has 0 fully saturated rings. The predicted octanol–water partition coefficient (Wildman–Crippen LogP) is 3.11. The SMILES string of the molecule is Cn1ccc(C(=O)N[C@@H]2CCc3c2ccc(Cl)c3Cl)cc1=O. The van der Waals surface area contributed by atoms with Crippen molar-refractivity contribution in [3.05, 3.63) is 67.6 Å². The fourth-order valence-electron chi connectivity index (χ4n) is 2.71. The van der Waals surface area contributed by atoms with Crippen LogP contribution in [0.4, 0.5) is 0 Å². The minimum atomic E-state index is -0.262. The first-order chi connectivity index (χ1) is 10.5. The molecule has 0 saturated carbocycles. The molecule has 0 saturated heterocycles. The first kappa shape index (κ1) is 15.1. The Morgan fingerprint density at radius 2 is 2.09 bits per heavy atom. The van der Waals surface area contributed by atoms with Crippen LogP contribution in [-0.4, -0.2) is 10.5 Å². The number of nitrogens with zero attached hydrogens (tertiary/aromatic N) is 1. The highest BCUT2D eigenvalue weighted by Crippen LogP contribution is 2.39. The lowest BCUT2D eigenvalue weighted by Crippen LogP contribution is -2.28. The summed E-state index contributed by atoms with van der Waals surface area (Å²) in [6, 6.07) is 6.49. The monoisotopic (exact) mass is 336 g/mol. The van der Waals surface area contributed by atoms with E-state index in [0.29, 0.717) is 15.6 Å². The van der Waals surface area contributed by atoms with Crippen LogP contribution in [0.15, 0.2) is 35.3 Å². The summed E-state index contributed by atoms with van der Waals surface area (Å²) in [6.45, 7) is 0. The van der Waals surface area contributed by atoms with E-state index in [0.717, 1.165) is 24.0 Å². The molecule has 1 amide bonds. The van der Waals surface area contributed by atoms with Crippen LogP contribution in [0.3, 0.4) is 0 Å². The van der Waals surface area contributed by atoms with Gasteiger partial charge in [-0.3, -0.25) is 9.59 Å². The Morgan fingerprint density at radius 1 is 1.32 bits per heavy atom. The molecular formula is C16H14Cl2N2O2. The number of rotatable bonds is 2. The fourth-order valence-corrected chi connectivity index (χ4v) is 3.16. The second kappa shape index (κ2) is 5.78. The van der Waals surface area contributed by atoms with Gasteiger partial charge < -0.3 is 9.88 Å². The van der Waals surface area contributed by atoms with Gasteiger partial charge in [-0.2, -0.15) is 0 Å². The third-order valence-electron chi connectivity index (χ3n) is 3.96. The maximum atomic E-state index is 12.3. The van der Waals surface area contributed by atoms with Gasteiger partial charge in [0.25, 0.3) is 11.5 Å². The van der Waals surface area contributed by atoms with Crippen LogP contribution in [0.25, 0.3) is 0 Å². The van der Waals surface area contributed by atoms with Crippen molar-refractivity contribution in [1.29, 1.82) is 0 Å². The van der Waals surface area contributed by atoms with Gasteiger partial charge in [-0.05, 0) is 36.1 Å². The minimum Gasteiger partial charge on any atom is -0.345 e. The summed E-state index contributed by atoms with van der Waals surface area (Å²) >= 11 is 12.2. The summed E-state index contributed by atoms with van der Waals surface area (Å²) in [5.74, 6) is -0.262. The van der Waals surface area contributed by atoms with Gasteiger partial charge in [-0.15, -0.1) is 0 Å². The second-order valence-corrected chi connectivity index (χ2v) is 6.14. The Kier molecular flexibility index (Phi) is 3.98. The number of hydrogen-bond acceptors (Lipinski definition) is 2. The lowest BCUT2D eigenvalue weighted by molar-refractivity contribution is 0.0936. The van der Waals surface area contributed by atoms with E-state index in [1.54, 1.807) is 25.4 Å². The van der Waals surface area contributed by atoms with Crippen molar-refractivity contribution in [2.75, 3.05) is 0 Å². The Balaban J connectivity index is 1.84. The van der Waals surface area contributed by atoms with Gasteiger partial charge in [-0.1, -0.05) is 29.3 Å². The smallest absolute Gasteiger partial charge is 0.252 e. The van der Waals surface area contributed by atoms with Crippen molar-refractivity contribution in [1.82, 2.24) is 9.88 Å². The quantitative estimate of drug-likeness (QED) is 0.915. The van der Waals surface area contributed by atoms with Crippen LogP contribution in [-0.2, 0) is 13.5 Å². The average molecular weight is 337 g/mol. The average Bonchev–Trinajstić information content (AvgIpc) is 2.89. The first-order valence-electron chi connectivity index (χ1n) is 6.91. The molecule has 4 nitrogen and oxygen atoms in total. The lowest BCUT2D eigenvalue weighted by Gasteiger charge is -2.15. The van der Waals surface area contributed by atoms with E-state index in [2.05, 4.69) is 5.32 Å². The summed E-state index contributed by atoms with van der Waals surface area (Å²) in [5.41, 5.74) is 2.13. The van der Waals surface area contributed by atoms with Gasteiger partial charge in [0.2, 0.25) is 0 Å². The molecule has 22 heavy (non-hydrogen) atoms. The summed E-state index contributed by atoms with van der Waals surface area (Å²) in [5, 5.41) is 4.04. The van der Waals surface area contributed by atoms with E-state index in [-0.39, 0.29) is 17.5 Å². The molecule has 1 atom stereocenters. The topological polar surface area (TPSA) is 51.1 Å². The molecule has 1 aromatic heterocycles. The van der Waals surface area contributed by atoms with Crippen molar-refractivity contribution in [3.63, 3.8) is 0 Å². The highest BCUT2D eigenvalue weighted by Gasteiger charge is 2.27. The van der Waals surface area contributed by atoms with E-state index >= 15 is 0 Å². The Morgan fingerprint density at radius 3 is 2.82 bits per heavy atom. The van der Waals surface area contributed by atoms with Crippen LogP contribution in [0, 0.1) is 0 Å². The number of fused-ring (bicyclic) bond motifs is 1. The molecule has 1 aliphatic carbocycles. The first-order valence-corrected chi connectivity index (χ1v) is 7.67. The van der Waals surface area contributed by atoms with E-state index in [9.17, 15) is 9.59 Å². The van der Waals surface area contributed by atoms with Crippen LogP contribution >= 0.6 is 23.2 Å². The van der Waals surface area contributed by atoms with Crippen molar-refractivity contribution < 1.29 is 4.79 Å². The van der Waals surface area contributed by atoms with Gasteiger partial charge >= 0.3 is 0 Å². The minimum absolute atomic E-state index is 0.110. The van der Waals surface area contributed by atoms with Crippen molar-refractivity contribution in [2.45, 2.75) is 18.9 Å². The number of halogens is 2. The zero-order chi connectivity index (χ0) is 15.9. The number of benzene rings is 1. The third-order valence-corrected chi connectivity index (χ3v) is 4.81. The Labute approximate surface area is 137 Å². The molecule has 2 aromatic rings. The largest absolute Gasteiger partial charge is 0.345 e. The van der Waals surface area contributed by atoms with Crippen molar-refractivity contribution >= 4 is 29.1 Å². The molecule has 3 rings (SSSR count). The number of hydrogen-bond donors (Lipinski definition) is 1. The maximum Gasteiger partial charge on any atom is 0.252 e. The third kappa shape index (κ3) is 2.64. The van der Waals surface area contributed by atoms with Crippen LogP contribution in [0.5, 0.6) is 0 Å². The van der Waals surface area contributed by atoms with Gasteiger partial charge in [-0.25, -0.2) is 0 Å². The number of amides is 1. The molecule has 0 unspecified atom stereocenters. The zero-order valence-corrected chi connectivity index (χ0v) is 13.4. The zero-order valence-electron chi connectivity index (χ0n) is 11.9. The van der Waals surface area contributed by atoms with E-state index in [1.807, 2.05) is 6.07 Å².